The highest BCUT2D eigenvalue weighted by molar-refractivity contribution is 6.29. The van der Waals surface area contributed by atoms with Gasteiger partial charge in [-0.15, -0.1) is 0 Å². The second-order valence-electron chi connectivity index (χ2n) is 18.7. The van der Waals surface area contributed by atoms with Gasteiger partial charge in [0.1, 0.15) is 22.8 Å². The fourth-order valence-electron chi connectivity index (χ4n) is 11.3. The Balaban J connectivity index is 0.996. The summed E-state index contributed by atoms with van der Waals surface area (Å²) in [4.78, 5) is 4.52. The molecule has 0 N–H and O–H groups in total. The van der Waals surface area contributed by atoms with E-state index in [1.807, 2.05) is 49.4 Å². The van der Waals surface area contributed by atoms with Crippen LogP contribution in [0.3, 0.4) is 0 Å². The quantitative estimate of drug-likeness (QED) is 0.142. The Morgan fingerprint density at radius 1 is 0.306 bits per heavy atom. The van der Waals surface area contributed by atoms with Gasteiger partial charge in [0.25, 0.3) is 0 Å². The van der Waals surface area contributed by atoms with Gasteiger partial charge in [0.15, 0.2) is 11.2 Å². The fraction of sp³-hybridized carbons (Fsp3) is 0.0303. The number of halogens is 2. The monoisotopic (exact) mass is 932 g/mol. The number of hydrogen-bond acceptors (Lipinski definition) is 4. The molecule has 14 rings (SSSR count). The van der Waals surface area contributed by atoms with Crippen LogP contribution in [0.25, 0.3) is 98.4 Å². The molecular formula is C66H42F2N2O2. The molecule has 0 radical (unpaired) electrons. The molecule has 2 heterocycles. The van der Waals surface area contributed by atoms with Crippen LogP contribution in [0.5, 0.6) is 0 Å². The van der Waals surface area contributed by atoms with Crippen LogP contribution in [0.2, 0.25) is 0 Å². The second kappa shape index (κ2) is 16.2. The largest absolute Gasteiger partial charge is 0.453 e. The van der Waals surface area contributed by atoms with Crippen molar-refractivity contribution in [2.75, 3.05) is 9.80 Å². The Kier molecular flexibility index (Phi) is 9.35. The second-order valence-corrected chi connectivity index (χ2v) is 18.7. The number of anilines is 6. The van der Waals surface area contributed by atoms with E-state index >= 15 is 0 Å². The van der Waals surface area contributed by atoms with E-state index in [0.29, 0.717) is 11.2 Å². The highest BCUT2D eigenvalue weighted by Gasteiger charge is 2.27. The fourth-order valence-corrected chi connectivity index (χ4v) is 11.3. The molecule has 14 aromatic rings. The molecule has 0 saturated heterocycles. The van der Waals surface area contributed by atoms with E-state index in [0.717, 1.165) is 127 Å². The van der Waals surface area contributed by atoms with Crippen molar-refractivity contribution in [3.8, 4) is 22.3 Å². The van der Waals surface area contributed by atoms with Gasteiger partial charge < -0.3 is 18.6 Å². The summed E-state index contributed by atoms with van der Waals surface area (Å²) in [5.74, 6) is -0.604. The highest BCUT2D eigenvalue weighted by Crippen LogP contribution is 2.51. The topological polar surface area (TPSA) is 32.8 Å². The van der Waals surface area contributed by atoms with E-state index in [2.05, 4.69) is 168 Å². The van der Waals surface area contributed by atoms with Gasteiger partial charge in [-0.3, -0.25) is 0 Å². The van der Waals surface area contributed by atoms with Crippen molar-refractivity contribution in [3.05, 3.63) is 241 Å². The molecule has 0 saturated carbocycles. The minimum absolute atomic E-state index is 0.281. The summed E-state index contributed by atoms with van der Waals surface area (Å²) in [5, 5.41) is 10.5. The van der Waals surface area contributed by atoms with Crippen LogP contribution < -0.4 is 9.80 Å². The molecule has 2 aromatic heterocycles. The third-order valence-electron chi connectivity index (χ3n) is 14.6. The number of furan rings is 2. The van der Waals surface area contributed by atoms with E-state index < -0.39 is 0 Å². The first-order chi connectivity index (χ1) is 35.4. The minimum atomic E-state index is -0.323. The maximum absolute atomic E-state index is 14.9. The Hall–Kier alpha value is -9.26. The molecule has 0 fully saturated rings. The molecule has 0 unspecified atom stereocenters. The van der Waals surface area contributed by atoms with E-state index in [9.17, 15) is 8.78 Å². The minimum Gasteiger partial charge on any atom is -0.453 e. The number of nitrogens with zero attached hydrogens (tertiary/aromatic N) is 2. The van der Waals surface area contributed by atoms with Gasteiger partial charge in [-0.2, -0.15) is 0 Å². The van der Waals surface area contributed by atoms with Gasteiger partial charge in [-0.05, 0) is 130 Å². The molecule has 0 amide bonds. The van der Waals surface area contributed by atoms with Crippen LogP contribution in [0.15, 0.2) is 227 Å². The molecule has 12 aromatic carbocycles. The van der Waals surface area contributed by atoms with Crippen molar-refractivity contribution in [3.63, 3.8) is 0 Å². The summed E-state index contributed by atoms with van der Waals surface area (Å²) >= 11 is 0. The first-order valence-corrected chi connectivity index (χ1v) is 24.2. The predicted octanol–water partition coefficient (Wildman–Crippen LogP) is 19.6. The van der Waals surface area contributed by atoms with Crippen molar-refractivity contribution < 1.29 is 17.6 Å². The van der Waals surface area contributed by atoms with Gasteiger partial charge >= 0.3 is 0 Å². The van der Waals surface area contributed by atoms with Crippen LogP contribution in [0.1, 0.15) is 11.1 Å². The summed E-state index contributed by atoms with van der Waals surface area (Å²) in [6, 6.07) is 73.3. The van der Waals surface area contributed by atoms with Crippen LogP contribution in [0, 0.1) is 25.5 Å². The summed E-state index contributed by atoms with van der Waals surface area (Å²) in [7, 11) is 0. The van der Waals surface area contributed by atoms with Crippen LogP contribution >= 0.6 is 0 Å². The summed E-state index contributed by atoms with van der Waals surface area (Å²) < 4.78 is 43.3. The molecule has 6 heteroatoms. The molecule has 0 aliphatic rings. The van der Waals surface area contributed by atoms with Crippen LogP contribution in [0.4, 0.5) is 42.9 Å². The summed E-state index contributed by atoms with van der Waals surface area (Å²) in [6.07, 6.45) is 0. The van der Waals surface area contributed by atoms with Crippen molar-refractivity contribution in [2.24, 2.45) is 0 Å². The van der Waals surface area contributed by atoms with Crippen LogP contribution in [-0.4, -0.2) is 0 Å². The van der Waals surface area contributed by atoms with E-state index in [1.165, 1.54) is 23.8 Å². The number of rotatable bonds is 8. The Morgan fingerprint density at radius 3 is 1.29 bits per heavy atom. The van der Waals surface area contributed by atoms with Crippen LogP contribution in [-0.2, 0) is 0 Å². The van der Waals surface area contributed by atoms with E-state index in [-0.39, 0.29) is 11.6 Å². The smallest absolute Gasteiger partial charge is 0.159 e. The predicted molar refractivity (Wildman–Crippen MR) is 294 cm³/mol. The third kappa shape index (κ3) is 6.35. The van der Waals surface area contributed by atoms with Gasteiger partial charge in [0, 0.05) is 54.8 Å². The summed E-state index contributed by atoms with van der Waals surface area (Å²) in [5.41, 5.74) is 14.5. The first-order valence-electron chi connectivity index (χ1n) is 24.2. The normalized spacial score (nSPS) is 11.9. The molecule has 0 bridgehead atoms. The Labute approximate surface area is 413 Å². The lowest BCUT2D eigenvalue weighted by Crippen LogP contribution is -2.12. The van der Waals surface area contributed by atoms with E-state index in [4.69, 9.17) is 8.83 Å². The zero-order chi connectivity index (χ0) is 48.2. The maximum Gasteiger partial charge on any atom is 0.159 e. The standard InChI is InChI=1S/C66H42F2N2O2/c1-39-12-6-7-15-47(39)49-16-8-18-51-53-20-10-22-59(65(53)71-63(49)51)69(45-13-4-3-5-14-45)57-36-26-41-25-34-56-58(37-27-42-24-33-55(57)61(41)62(42)56)70(46-31-28-43(67)29-32-46)60-23-11-21-54-52-19-9-17-50(64(52)72-66(54)60)48-35-30-44(68)38-40(48)2/h3-38H,1-2H3. The van der Waals surface area contributed by atoms with Gasteiger partial charge in [0.05, 0.1) is 22.7 Å². The number of hydrogen-bond donors (Lipinski definition) is 0. The average molecular weight is 933 g/mol. The van der Waals surface area contributed by atoms with Crippen molar-refractivity contribution in [2.45, 2.75) is 13.8 Å². The highest BCUT2D eigenvalue weighted by atomic mass is 19.1. The lowest BCUT2D eigenvalue weighted by atomic mass is 9.91. The first kappa shape index (κ1) is 41.7. The lowest BCUT2D eigenvalue weighted by Gasteiger charge is -2.29. The SMILES string of the molecule is Cc1ccccc1-c1cccc2c1oc1c(N(c3ccccc3)c3ccc4ccc5c(N(c6ccc(F)cc6)c6cccc7c6oc6c(-c8ccc(F)cc8C)cccc67)ccc6ccc3c4c65)cccc12. The molecule has 4 nitrogen and oxygen atoms in total. The van der Waals surface area contributed by atoms with Crippen molar-refractivity contribution in [1.82, 2.24) is 0 Å². The summed E-state index contributed by atoms with van der Waals surface area (Å²) in [6.45, 7) is 4.06. The maximum atomic E-state index is 14.9. The number of aryl methyl sites for hydroxylation is 2. The van der Waals surface area contributed by atoms with E-state index in [1.54, 1.807) is 6.07 Å². The number of para-hydroxylation sites is 5. The molecule has 0 aliphatic carbocycles. The molecular weight excluding hydrogens is 891 g/mol. The van der Waals surface area contributed by atoms with Gasteiger partial charge in [0.2, 0.25) is 0 Å². The zero-order valence-electron chi connectivity index (χ0n) is 39.3. The zero-order valence-corrected chi connectivity index (χ0v) is 39.3. The molecule has 342 valence electrons. The molecule has 0 aliphatic heterocycles. The third-order valence-corrected chi connectivity index (χ3v) is 14.6. The lowest BCUT2D eigenvalue weighted by molar-refractivity contribution is 0.626. The van der Waals surface area contributed by atoms with Crippen molar-refractivity contribution in [1.29, 1.82) is 0 Å². The number of fused-ring (bicyclic) bond motifs is 6. The average Bonchev–Trinajstić information content (AvgIpc) is 4.00. The molecule has 0 spiro atoms. The van der Waals surface area contributed by atoms with Gasteiger partial charge in [-0.1, -0.05) is 146 Å². The van der Waals surface area contributed by atoms with Gasteiger partial charge in [-0.25, -0.2) is 8.78 Å². The Morgan fingerprint density at radius 2 is 0.750 bits per heavy atom. The van der Waals surface area contributed by atoms with Crippen molar-refractivity contribution >= 4 is 110 Å². The number of benzene rings is 12. The molecule has 0 atom stereocenters. The molecule has 72 heavy (non-hydrogen) atoms. The Bertz CT molecular complexity index is 4460.